The van der Waals surface area contributed by atoms with E-state index in [2.05, 4.69) is 5.32 Å². The molecule has 1 heterocycles. The molecule has 9 heteroatoms. The summed E-state index contributed by atoms with van der Waals surface area (Å²) in [5.41, 5.74) is 2.81. The van der Waals surface area contributed by atoms with E-state index in [1.165, 1.54) is 6.07 Å². The van der Waals surface area contributed by atoms with Crippen molar-refractivity contribution in [3.8, 4) is 5.75 Å². The summed E-state index contributed by atoms with van der Waals surface area (Å²) in [4.78, 5) is 0.164. The zero-order chi connectivity index (χ0) is 26.7. The molecule has 2 aromatic carbocycles. The summed E-state index contributed by atoms with van der Waals surface area (Å²) in [5, 5.41) is 19.0. The maximum absolute atomic E-state index is 11.4. The minimum absolute atomic E-state index is 0.164. The van der Waals surface area contributed by atoms with Crippen molar-refractivity contribution in [2.75, 3.05) is 26.3 Å². The number of hydrogen-bond donors (Lipinski definition) is 3. The second-order valence-electron chi connectivity index (χ2n) is 10.1. The van der Waals surface area contributed by atoms with E-state index in [1.54, 1.807) is 12.1 Å². The maximum Gasteiger partial charge on any atom is 0.238 e. The summed E-state index contributed by atoms with van der Waals surface area (Å²) in [6.07, 6.45) is 6.46. The molecule has 4 N–H and O–H groups in total. The Hall–Kier alpha value is -2.01. The Bertz CT molecular complexity index is 1090. The minimum atomic E-state index is -3.65. The van der Waals surface area contributed by atoms with Crippen molar-refractivity contribution in [3.63, 3.8) is 0 Å². The molecule has 0 radical (unpaired) electrons. The largest absolute Gasteiger partial charge is 0.463 e. The van der Waals surface area contributed by atoms with E-state index >= 15 is 0 Å². The lowest BCUT2D eigenvalue weighted by atomic mass is 10.0. The summed E-state index contributed by atoms with van der Waals surface area (Å²) >= 11 is 0. The van der Waals surface area contributed by atoms with E-state index in [1.807, 2.05) is 38.1 Å². The highest BCUT2D eigenvalue weighted by molar-refractivity contribution is 7.89. The number of ether oxygens (including phenoxy) is 3. The van der Waals surface area contributed by atoms with Crippen molar-refractivity contribution >= 4 is 10.0 Å². The molecule has 3 rings (SSSR count). The Morgan fingerprint density at radius 2 is 1.81 bits per heavy atom. The fourth-order valence-corrected chi connectivity index (χ4v) is 4.83. The van der Waals surface area contributed by atoms with Gasteiger partial charge in [0.2, 0.25) is 15.8 Å². The molecule has 2 aromatic rings. The Morgan fingerprint density at radius 3 is 2.59 bits per heavy atom. The Balaban J connectivity index is 1.16. The van der Waals surface area contributed by atoms with Gasteiger partial charge in [-0.2, -0.15) is 0 Å². The summed E-state index contributed by atoms with van der Waals surface area (Å²) in [6.45, 7) is 7.13. The van der Waals surface area contributed by atoms with E-state index in [0.717, 1.165) is 80.5 Å². The molecular weight excluding hydrogens is 492 g/mol. The van der Waals surface area contributed by atoms with Crippen LogP contribution in [0.3, 0.4) is 0 Å². The van der Waals surface area contributed by atoms with Gasteiger partial charge in [-0.15, -0.1) is 0 Å². The molecule has 206 valence electrons. The van der Waals surface area contributed by atoms with Gasteiger partial charge >= 0.3 is 0 Å². The molecule has 8 nitrogen and oxygen atoms in total. The molecule has 0 spiro atoms. The molecule has 0 amide bonds. The first-order valence-electron chi connectivity index (χ1n) is 13.2. The van der Waals surface area contributed by atoms with Crippen molar-refractivity contribution in [3.05, 3.63) is 59.2 Å². The topological polar surface area (TPSA) is 120 Å². The average molecular weight is 535 g/mol. The number of benzene rings is 2. The van der Waals surface area contributed by atoms with Crippen LogP contribution in [-0.2, 0) is 32.5 Å². The van der Waals surface area contributed by atoms with Crippen LogP contribution < -0.4 is 15.2 Å². The smallest absolute Gasteiger partial charge is 0.238 e. The number of nitrogens with two attached hydrogens (primary N) is 1. The zero-order valence-electron chi connectivity index (χ0n) is 22.1. The van der Waals surface area contributed by atoms with E-state index in [9.17, 15) is 13.5 Å². The number of aliphatic hydroxyl groups excluding tert-OH is 1. The second-order valence-corrected chi connectivity index (χ2v) is 11.6. The molecule has 1 atom stereocenters. The number of aliphatic hydroxyl groups is 1. The molecule has 0 saturated carbocycles. The zero-order valence-corrected chi connectivity index (χ0v) is 22.9. The number of unbranched alkanes of at least 4 members (excludes halogenated alkanes) is 4. The lowest BCUT2D eigenvalue weighted by Crippen LogP contribution is -2.35. The third-order valence-corrected chi connectivity index (χ3v) is 7.27. The van der Waals surface area contributed by atoms with Crippen LogP contribution in [0.4, 0.5) is 0 Å². The highest BCUT2D eigenvalue weighted by atomic mass is 32.2. The number of rotatable bonds is 16. The van der Waals surface area contributed by atoms with Crippen molar-refractivity contribution in [1.29, 1.82) is 0 Å². The number of primary sulfonamides is 1. The highest BCUT2D eigenvalue weighted by Crippen LogP contribution is 2.32. The van der Waals surface area contributed by atoms with Gasteiger partial charge in [0.15, 0.2) is 0 Å². The first-order chi connectivity index (χ1) is 17.6. The van der Waals surface area contributed by atoms with Gasteiger partial charge in [-0.25, -0.2) is 13.6 Å². The van der Waals surface area contributed by atoms with Gasteiger partial charge in [0.25, 0.3) is 0 Å². The van der Waals surface area contributed by atoms with Gasteiger partial charge in [0.05, 0.1) is 17.6 Å². The molecule has 0 fully saturated rings. The third-order valence-electron chi connectivity index (χ3n) is 6.36. The lowest BCUT2D eigenvalue weighted by molar-refractivity contribution is -0.180. The van der Waals surface area contributed by atoms with Crippen LogP contribution >= 0.6 is 0 Å². The van der Waals surface area contributed by atoms with Crippen LogP contribution in [0.15, 0.2) is 47.4 Å². The number of fused-ring (bicyclic) bond motifs is 1. The van der Waals surface area contributed by atoms with Gasteiger partial charge in [-0.3, -0.25) is 0 Å². The minimum Gasteiger partial charge on any atom is -0.463 e. The predicted molar refractivity (Wildman–Crippen MR) is 144 cm³/mol. The summed E-state index contributed by atoms with van der Waals surface area (Å²) in [5.74, 6) is 0.201. The molecule has 0 saturated heterocycles. The Labute approximate surface area is 221 Å². The quantitative estimate of drug-likeness (QED) is 0.276. The number of nitrogens with one attached hydrogen (secondary N) is 1. The first kappa shape index (κ1) is 29.5. The molecule has 1 aliphatic heterocycles. The maximum atomic E-state index is 11.4. The van der Waals surface area contributed by atoms with Crippen LogP contribution in [0.1, 0.15) is 75.2 Å². The standard InChI is InChI=1S/C28H42N2O6S/c1-28(2)35-21-24-19-23(13-14-27(24)36-28)26(31)20-30-15-6-3-4-7-16-34-17-8-5-10-22-11-9-12-25(18-22)37(29,32)33/h9,11-14,18-19,26,30-31H,3-8,10,15-17,20-21H2,1-2H3,(H2,29,32,33)/t26-/m0/s1. The van der Waals surface area contributed by atoms with E-state index < -0.39 is 21.9 Å². The molecule has 0 aliphatic carbocycles. The fourth-order valence-electron chi connectivity index (χ4n) is 4.24. The average Bonchev–Trinajstić information content (AvgIpc) is 2.85. The lowest BCUT2D eigenvalue weighted by Gasteiger charge is -2.33. The van der Waals surface area contributed by atoms with Gasteiger partial charge in [-0.05, 0) is 74.0 Å². The van der Waals surface area contributed by atoms with Crippen molar-refractivity contribution in [2.24, 2.45) is 5.14 Å². The summed E-state index contributed by atoms with van der Waals surface area (Å²) < 4.78 is 40.1. The van der Waals surface area contributed by atoms with Crippen LogP contribution in [0.5, 0.6) is 5.75 Å². The van der Waals surface area contributed by atoms with E-state index in [0.29, 0.717) is 19.8 Å². The highest BCUT2D eigenvalue weighted by Gasteiger charge is 2.27. The van der Waals surface area contributed by atoms with E-state index in [-0.39, 0.29) is 4.90 Å². The van der Waals surface area contributed by atoms with Crippen molar-refractivity contribution < 1.29 is 27.7 Å². The Morgan fingerprint density at radius 1 is 1.05 bits per heavy atom. The van der Waals surface area contributed by atoms with Gasteiger partial charge < -0.3 is 24.6 Å². The molecule has 0 unspecified atom stereocenters. The molecule has 0 aromatic heterocycles. The fraction of sp³-hybridized carbons (Fsp3) is 0.571. The van der Waals surface area contributed by atoms with Crippen molar-refractivity contribution in [1.82, 2.24) is 5.32 Å². The van der Waals surface area contributed by atoms with E-state index in [4.69, 9.17) is 19.3 Å². The molecular formula is C28H42N2O6S. The van der Waals surface area contributed by atoms with Gasteiger partial charge in [0, 0.05) is 39.2 Å². The summed E-state index contributed by atoms with van der Waals surface area (Å²) in [6, 6.07) is 12.6. The third kappa shape index (κ3) is 10.3. The van der Waals surface area contributed by atoms with Crippen LogP contribution in [-0.4, -0.2) is 45.6 Å². The van der Waals surface area contributed by atoms with Crippen LogP contribution in [0.25, 0.3) is 0 Å². The molecule has 1 aliphatic rings. The molecule has 37 heavy (non-hydrogen) atoms. The van der Waals surface area contributed by atoms with Gasteiger partial charge in [-0.1, -0.05) is 31.0 Å². The van der Waals surface area contributed by atoms with Crippen molar-refractivity contribution in [2.45, 2.75) is 82.2 Å². The van der Waals surface area contributed by atoms with Crippen LogP contribution in [0, 0.1) is 0 Å². The van der Waals surface area contributed by atoms with Crippen LogP contribution in [0.2, 0.25) is 0 Å². The second kappa shape index (κ2) is 14.2. The first-order valence-corrected chi connectivity index (χ1v) is 14.7. The molecule has 0 bridgehead atoms. The number of aryl methyl sites for hydroxylation is 1. The normalized spacial score (nSPS) is 15.7. The number of hydrogen-bond acceptors (Lipinski definition) is 7. The van der Waals surface area contributed by atoms with Gasteiger partial charge in [0.1, 0.15) is 5.75 Å². The predicted octanol–water partition coefficient (Wildman–Crippen LogP) is 4.20. The monoisotopic (exact) mass is 534 g/mol. The Kier molecular flexibility index (Phi) is 11.4. The number of sulfonamides is 1. The SMILES string of the molecule is CC1(C)OCc2cc([C@@H](O)CNCCCCCCOCCCCc3cccc(S(N)(=O)=O)c3)ccc2O1. The summed E-state index contributed by atoms with van der Waals surface area (Å²) in [7, 11) is -3.65.